The second-order valence-corrected chi connectivity index (χ2v) is 4.17. The van der Waals surface area contributed by atoms with Crippen molar-refractivity contribution in [2.45, 2.75) is 13.0 Å². The smallest absolute Gasteiger partial charge is 0.130 e. The van der Waals surface area contributed by atoms with Gasteiger partial charge in [0.05, 0.1) is 17.8 Å². The highest BCUT2D eigenvalue weighted by atomic mass is 32.1. The molecule has 0 aliphatic carbocycles. The van der Waals surface area contributed by atoms with Crippen molar-refractivity contribution in [2.24, 2.45) is 0 Å². The number of nitriles is 1. The van der Waals surface area contributed by atoms with Crippen molar-refractivity contribution >= 4 is 16.5 Å². The van der Waals surface area contributed by atoms with Crippen LogP contribution in [0, 0.1) is 11.3 Å². The number of nitrogens with zero attached hydrogens (tertiary/aromatic N) is 3. The highest BCUT2D eigenvalue weighted by Crippen LogP contribution is 2.21. The van der Waals surface area contributed by atoms with E-state index in [1.807, 2.05) is 25.1 Å². The van der Waals surface area contributed by atoms with Crippen molar-refractivity contribution in [2.75, 3.05) is 5.32 Å². The van der Waals surface area contributed by atoms with Gasteiger partial charge in [0.15, 0.2) is 0 Å². The van der Waals surface area contributed by atoms with E-state index in [-0.39, 0.29) is 6.04 Å². The van der Waals surface area contributed by atoms with E-state index in [4.69, 9.17) is 5.26 Å². The summed E-state index contributed by atoms with van der Waals surface area (Å²) in [5.74, 6) is 0. The molecule has 0 aliphatic rings. The maximum Gasteiger partial charge on any atom is 0.130 e. The van der Waals surface area contributed by atoms with E-state index < -0.39 is 0 Å². The first-order valence-electron chi connectivity index (χ1n) is 4.83. The lowest BCUT2D eigenvalue weighted by molar-refractivity contribution is 0.888. The number of hydrogen-bond acceptors (Lipinski definition) is 5. The molecule has 1 heterocycles. The molecule has 2 rings (SSSR count). The van der Waals surface area contributed by atoms with Crippen LogP contribution in [0.2, 0.25) is 0 Å². The Kier molecular flexibility index (Phi) is 3.13. The summed E-state index contributed by atoms with van der Waals surface area (Å²) in [4.78, 5) is 0. The lowest BCUT2D eigenvalue weighted by atomic mass is 10.1. The molecule has 5 heteroatoms. The molecule has 1 aromatic carbocycles. The minimum atomic E-state index is 0.135. The lowest BCUT2D eigenvalue weighted by Gasteiger charge is -2.13. The van der Waals surface area contributed by atoms with Crippen molar-refractivity contribution in [3.8, 4) is 6.07 Å². The number of nitrogens with one attached hydrogen (secondary N) is 1. The summed E-state index contributed by atoms with van der Waals surface area (Å²) in [6.45, 7) is 2.04. The third kappa shape index (κ3) is 2.35. The monoisotopic (exact) mass is 230 g/mol. The third-order valence-electron chi connectivity index (χ3n) is 2.24. The predicted octanol–water partition coefficient (Wildman–Crippen LogP) is 2.58. The van der Waals surface area contributed by atoms with Gasteiger partial charge >= 0.3 is 0 Å². The van der Waals surface area contributed by atoms with E-state index in [0.29, 0.717) is 5.56 Å². The van der Waals surface area contributed by atoms with Crippen LogP contribution in [-0.2, 0) is 0 Å². The van der Waals surface area contributed by atoms with Gasteiger partial charge in [0.2, 0.25) is 0 Å². The Bertz CT molecular complexity index is 501. The zero-order valence-electron chi connectivity index (χ0n) is 8.71. The minimum Gasteiger partial charge on any atom is -0.368 e. The van der Waals surface area contributed by atoms with Crippen LogP contribution >= 0.6 is 11.5 Å². The number of rotatable bonds is 3. The van der Waals surface area contributed by atoms with Gasteiger partial charge in [-0.2, -0.15) is 5.26 Å². The summed E-state index contributed by atoms with van der Waals surface area (Å²) in [5.41, 5.74) is 1.75. The van der Waals surface area contributed by atoms with Crippen LogP contribution in [0.25, 0.3) is 0 Å². The van der Waals surface area contributed by atoms with Crippen LogP contribution in [-0.4, -0.2) is 9.59 Å². The number of anilines is 1. The van der Waals surface area contributed by atoms with E-state index in [1.165, 1.54) is 11.5 Å². The van der Waals surface area contributed by atoms with Crippen LogP contribution in [0.5, 0.6) is 0 Å². The summed E-state index contributed by atoms with van der Waals surface area (Å²) < 4.78 is 3.78. The molecule has 0 radical (unpaired) electrons. The topological polar surface area (TPSA) is 61.6 Å². The van der Waals surface area contributed by atoms with E-state index in [1.54, 1.807) is 12.3 Å². The van der Waals surface area contributed by atoms with Gasteiger partial charge in [0, 0.05) is 17.6 Å². The molecule has 1 aromatic heterocycles. The van der Waals surface area contributed by atoms with Gasteiger partial charge in [-0.15, -0.1) is 5.10 Å². The SMILES string of the molecule is CC(Nc1cnns1)c1cccc(C#N)c1. The maximum absolute atomic E-state index is 8.81. The highest BCUT2D eigenvalue weighted by molar-refractivity contribution is 7.09. The van der Waals surface area contributed by atoms with Gasteiger partial charge in [-0.1, -0.05) is 16.6 Å². The number of hydrogen-bond donors (Lipinski definition) is 1. The molecule has 2 aromatic rings. The van der Waals surface area contributed by atoms with Crippen molar-refractivity contribution in [1.29, 1.82) is 5.26 Å². The van der Waals surface area contributed by atoms with Gasteiger partial charge in [-0.3, -0.25) is 0 Å². The molecule has 0 saturated carbocycles. The Labute approximate surface area is 97.7 Å². The van der Waals surface area contributed by atoms with Gasteiger partial charge in [-0.25, -0.2) is 0 Å². The van der Waals surface area contributed by atoms with Gasteiger partial charge < -0.3 is 5.32 Å². The molecule has 0 fully saturated rings. The molecule has 16 heavy (non-hydrogen) atoms. The fraction of sp³-hybridized carbons (Fsp3) is 0.182. The third-order valence-corrected chi connectivity index (χ3v) is 2.83. The fourth-order valence-electron chi connectivity index (χ4n) is 1.41. The van der Waals surface area contributed by atoms with Crippen LogP contribution in [0.15, 0.2) is 30.5 Å². The first-order valence-corrected chi connectivity index (χ1v) is 5.61. The van der Waals surface area contributed by atoms with E-state index >= 15 is 0 Å². The summed E-state index contributed by atoms with van der Waals surface area (Å²) in [6.07, 6.45) is 1.69. The van der Waals surface area contributed by atoms with E-state index in [0.717, 1.165) is 10.6 Å². The molecule has 0 aliphatic heterocycles. The molecule has 0 amide bonds. The average molecular weight is 230 g/mol. The number of benzene rings is 1. The normalized spacial score (nSPS) is 11.8. The Balaban J connectivity index is 2.15. The Morgan fingerprint density at radius 3 is 3.06 bits per heavy atom. The van der Waals surface area contributed by atoms with Crippen LogP contribution in [0.3, 0.4) is 0 Å². The second-order valence-electron chi connectivity index (χ2n) is 3.39. The summed E-state index contributed by atoms with van der Waals surface area (Å²) in [6, 6.07) is 9.82. The summed E-state index contributed by atoms with van der Waals surface area (Å²) in [5, 5.41) is 16.8. The average Bonchev–Trinajstić information content (AvgIpc) is 2.82. The minimum absolute atomic E-state index is 0.135. The Morgan fingerprint density at radius 2 is 2.38 bits per heavy atom. The maximum atomic E-state index is 8.81. The molecular weight excluding hydrogens is 220 g/mol. The molecule has 1 N–H and O–H groups in total. The number of aromatic nitrogens is 2. The molecule has 1 atom stereocenters. The van der Waals surface area contributed by atoms with Crippen LogP contribution in [0.1, 0.15) is 24.1 Å². The molecule has 0 saturated heterocycles. The Morgan fingerprint density at radius 1 is 1.50 bits per heavy atom. The van der Waals surface area contributed by atoms with Crippen molar-refractivity contribution in [3.05, 3.63) is 41.6 Å². The van der Waals surface area contributed by atoms with Gasteiger partial charge in [0.25, 0.3) is 0 Å². The van der Waals surface area contributed by atoms with Crippen LogP contribution < -0.4 is 5.32 Å². The van der Waals surface area contributed by atoms with Crippen molar-refractivity contribution in [3.63, 3.8) is 0 Å². The lowest BCUT2D eigenvalue weighted by Crippen LogP contribution is -2.05. The largest absolute Gasteiger partial charge is 0.368 e. The van der Waals surface area contributed by atoms with E-state index in [9.17, 15) is 0 Å². The zero-order chi connectivity index (χ0) is 11.4. The van der Waals surface area contributed by atoms with Gasteiger partial charge in [0.1, 0.15) is 5.00 Å². The van der Waals surface area contributed by atoms with Gasteiger partial charge in [-0.05, 0) is 24.6 Å². The molecule has 4 nitrogen and oxygen atoms in total. The molecule has 0 spiro atoms. The zero-order valence-corrected chi connectivity index (χ0v) is 9.53. The Hall–Kier alpha value is -1.93. The first kappa shape index (κ1) is 10.6. The summed E-state index contributed by atoms with van der Waals surface area (Å²) >= 11 is 1.32. The first-order chi connectivity index (χ1) is 7.79. The van der Waals surface area contributed by atoms with Crippen LogP contribution in [0.4, 0.5) is 5.00 Å². The quantitative estimate of drug-likeness (QED) is 0.880. The standard InChI is InChI=1S/C11H10N4S/c1-8(14-11-7-13-15-16-11)10-4-2-3-9(5-10)6-12/h2-5,7-8,14H,1H3. The fourth-order valence-corrected chi connectivity index (χ4v) is 1.91. The molecule has 0 bridgehead atoms. The highest BCUT2D eigenvalue weighted by Gasteiger charge is 2.06. The van der Waals surface area contributed by atoms with Crippen molar-refractivity contribution in [1.82, 2.24) is 9.59 Å². The summed E-state index contributed by atoms with van der Waals surface area (Å²) in [7, 11) is 0. The van der Waals surface area contributed by atoms with E-state index in [2.05, 4.69) is 21.0 Å². The predicted molar refractivity (Wildman–Crippen MR) is 63.1 cm³/mol. The molecule has 80 valence electrons. The molecule has 1 unspecified atom stereocenters. The second kappa shape index (κ2) is 4.73. The van der Waals surface area contributed by atoms with Crippen molar-refractivity contribution < 1.29 is 0 Å². The molecular formula is C11H10N4S.